The van der Waals surface area contributed by atoms with Crippen LogP contribution in [0.15, 0.2) is 12.1 Å². The van der Waals surface area contributed by atoms with Gasteiger partial charge in [-0.3, -0.25) is 4.79 Å². The summed E-state index contributed by atoms with van der Waals surface area (Å²) in [4.78, 5) is 12.3. The zero-order valence-electron chi connectivity index (χ0n) is 12.5. The van der Waals surface area contributed by atoms with Crippen LogP contribution in [0.3, 0.4) is 0 Å². The summed E-state index contributed by atoms with van der Waals surface area (Å²) in [5.41, 5.74) is 9.95. The number of rotatable bonds is 6. The molecule has 1 aromatic rings. The second kappa shape index (κ2) is 7.29. The van der Waals surface area contributed by atoms with Crippen LogP contribution >= 0.6 is 0 Å². The Balaban J connectivity index is 2.81. The molecule has 0 aliphatic rings. The van der Waals surface area contributed by atoms with Gasteiger partial charge in [0.1, 0.15) is 0 Å². The molecule has 1 aromatic carbocycles. The lowest BCUT2D eigenvalue weighted by molar-refractivity contribution is -0.120. The fourth-order valence-electron chi connectivity index (χ4n) is 2.49. The molecular weight excluding hydrogens is 236 g/mol. The molecule has 0 heterocycles. The lowest BCUT2D eigenvalue weighted by atomic mass is 9.98. The van der Waals surface area contributed by atoms with E-state index in [-0.39, 0.29) is 11.8 Å². The van der Waals surface area contributed by atoms with Crippen molar-refractivity contribution in [2.24, 2.45) is 11.7 Å². The van der Waals surface area contributed by atoms with Gasteiger partial charge in [-0.1, -0.05) is 24.6 Å². The number of aryl methyl sites for hydroxylation is 3. The van der Waals surface area contributed by atoms with Crippen molar-refractivity contribution in [2.45, 2.75) is 47.0 Å². The van der Waals surface area contributed by atoms with Crippen molar-refractivity contribution in [1.29, 1.82) is 0 Å². The van der Waals surface area contributed by atoms with E-state index in [1.807, 2.05) is 13.8 Å². The van der Waals surface area contributed by atoms with Crippen molar-refractivity contribution in [3.8, 4) is 0 Å². The van der Waals surface area contributed by atoms with Gasteiger partial charge in [-0.15, -0.1) is 0 Å². The molecule has 1 amide bonds. The van der Waals surface area contributed by atoms with Crippen LogP contribution in [0.25, 0.3) is 0 Å². The number of hydrogen-bond donors (Lipinski definition) is 2. The highest BCUT2D eigenvalue weighted by atomic mass is 16.1. The average Bonchev–Trinajstić information content (AvgIpc) is 2.34. The van der Waals surface area contributed by atoms with Crippen molar-refractivity contribution < 1.29 is 4.79 Å². The maximum Gasteiger partial charge on any atom is 0.227 e. The van der Waals surface area contributed by atoms with E-state index in [2.05, 4.69) is 31.3 Å². The quantitative estimate of drug-likeness (QED) is 0.826. The second-order valence-electron chi connectivity index (χ2n) is 5.30. The van der Waals surface area contributed by atoms with Crippen LogP contribution in [-0.2, 0) is 4.79 Å². The van der Waals surface area contributed by atoms with Crippen LogP contribution in [0.2, 0.25) is 0 Å². The highest BCUT2D eigenvalue weighted by molar-refractivity contribution is 5.94. The summed E-state index contributed by atoms with van der Waals surface area (Å²) in [5.74, 6) is 0.176. The van der Waals surface area contributed by atoms with Crippen molar-refractivity contribution in [3.05, 3.63) is 28.8 Å². The van der Waals surface area contributed by atoms with Gasteiger partial charge in [-0.25, -0.2) is 0 Å². The predicted octanol–water partition coefficient (Wildman–Crippen LogP) is 3.32. The first-order chi connectivity index (χ1) is 8.99. The number of hydrogen-bond acceptors (Lipinski definition) is 2. The van der Waals surface area contributed by atoms with E-state index < -0.39 is 0 Å². The van der Waals surface area contributed by atoms with E-state index in [9.17, 15) is 4.79 Å². The van der Waals surface area contributed by atoms with Gasteiger partial charge in [0.05, 0.1) is 0 Å². The molecule has 1 atom stereocenters. The Hall–Kier alpha value is -1.35. The molecule has 0 spiro atoms. The van der Waals surface area contributed by atoms with Crippen molar-refractivity contribution in [1.82, 2.24) is 0 Å². The molecule has 0 bridgehead atoms. The van der Waals surface area contributed by atoms with Gasteiger partial charge in [0.25, 0.3) is 0 Å². The summed E-state index contributed by atoms with van der Waals surface area (Å²) < 4.78 is 0. The third kappa shape index (κ3) is 4.35. The van der Waals surface area contributed by atoms with Crippen molar-refractivity contribution in [3.63, 3.8) is 0 Å². The number of carbonyl (C=O) groups excluding carboxylic acids is 1. The molecule has 0 aliphatic carbocycles. The molecule has 0 aliphatic heterocycles. The minimum absolute atomic E-state index is 0.0589. The molecule has 0 aromatic heterocycles. The van der Waals surface area contributed by atoms with Gasteiger partial charge in [-0.05, 0) is 57.7 Å². The fraction of sp³-hybridized carbons (Fsp3) is 0.562. The topological polar surface area (TPSA) is 55.1 Å². The van der Waals surface area contributed by atoms with Gasteiger partial charge < -0.3 is 11.1 Å². The molecule has 0 radical (unpaired) electrons. The standard InChI is InChI=1S/C16H26N2O/c1-5-14(7-6-8-17)16(19)18-15-12(3)9-11(2)10-13(15)4/h9-10,14H,5-8,17H2,1-4H3,(H,18,19). The van der Waals surface area contributed by atoms with Gasteiger partial charge in [0, 0.05) is 11.6 Å². The second-order valence-corrected chi connectivity index (χ2v) is 5.30. The molecule has 1 rings (SSSR count). The predicted molar refractivity (Wildman–Crippen MR) is 81.4 cm³/mol. The first-order valence-electron chi connectivity index (χ1n) is 7.08. The summed E-state index contributed by atoms with van der Waals surface area (Å²) in [6.45, 7) is 8.84. The fourth-order valence-corrected chi connectivity index (χ4v) is 2.49. The minimum atomic E-state index is 0.0589. The largest absolute Gasteiger partial charge is 0.330 e. The van der Waals surface area contributed by atoms with Gasteiger partial charge >= 0.3 is 0 Å². The zero-order chi connectivity index (χ0) is 14.4. The minimum Gasteiger partial charge on any atom is -0.330 e. The summed E-state index contributed by atoms with van der Waals surface area (Å²) in [6, 6.07) is 4.20. The highest BCUT2D eigenvalue weighted by Crippen LogP contribution is 2.23. The van der Waals surface area contributed by atoms with E-state index in [1.54, 1.807) is 0 Å². The maximum atomic E-state index is 12.3. The van der Waals surface area contributed by atoms with Crippen LogP contribution < -0.4 is 11.1 Å². The highest BCUT2D eigenvalue weighted by Gasteiger charge is 2.17. The monoisotopic (exact) mass is 262 g/mol. The summed E-state index contributed by atoms with van der Waals surface area (Å²) >= 11 is 0. The number of nitrogens with two attached hydrogens (primary N) is 1. The van der Waals surface area contributed by atoms with E-state index >= 15 is 0 Å². The Morgan fingerprint density at radius 3 is 2.32 bits per heavy atom. The molecule has 3 heteroatoms. The molecule has 3 N–H and O–H groups in total. The summed E-state index contributed by atoms with van der Waals surface area (Å²) in [5, 5.41) is 3.09. The normalized spacial score (nSPS) is 12.3. The van der Waals surface area contributed by atoms with E-state index in [4.69, 9.17) is 5.73 Å². The smallest absolute Gasteiger partial charge is 0.227 e. The van der Waals surface area contributed by atoms with Gasteiger partial charge in [-0.2, -0.15) is 0 Å². The molecular formula is C16H26N2O. The molecule has 0 fully saturated rings. The first-order valence-corrected chi connectivity index (χ1v) is 7.08. The van der Waals surface area contributed by atoms with E-state index in [1.165, 1.54) is 5.56 Å². The number of benzene rings is 1. The summed E-state index contributed by atoms with van der Waals surface area (Å²) in [6.07, 6.45) is 2.62. The molecule has 1 unspecified atom stereocenters. The Morgan fingerprint density at radius 2 is 1.84 bits per heavy atom. The van der Waals surface area contributed by atoms with E-state index in [0.29, 0.717) is 6.54 Å². The summed E-state index contributed by atoms with van der Waals surface area (Å²) in [7, 11) is 0. The van der Waals surface area contributed by atoms with Gasteiger partial charge in [0.2, 0.25) is 5.91 Å². The Bertz CT molecular complexity index is 417. The SMILES string of the molecule is CCC(CCCN)C(=O)Nc1c(C)cc(C)cc1C. The number of anilines is 1. The molecule has 106 valence electrons. The van der Waals surface area contributed by atoms with Crippen LogP contribution in [0, 0.1) is 26.7 Å². The first kappa shape index (κ1) is 15.7. The van der Waals surface area contributed by atoms with Crippen LogP contribution in [0.4, 0.5) is 5.69 Å². The lowest BCUT2D eigenvalue weighted by Gasteiger charge is -2.18. The number of carbonyl (C=O) groups is 1. The molecule has 0 saturated carbocycles. The van der Waals surface area contributed by atoms with E-state index in [0.717, 1.165) is 36.1 Å². The molecule has 19 heavy (non-hydrogen) atoms. The Kier molecular flexibility index (Phi) is 6.03. The van der Waals surface area contributed by atoms with Crippen LogP contribution in [0.5, 0.6) is 0 Å². The average molecular weight is 262 g/mol. The zero-order valence-corrected chi connectivity index (χ0v) is 12.5. The third-order valence-electron chi connectivity index (χ3n) is 3.55. The Labute approximate surface area is 116 Å². The lowest BCUT2D eigenvalue weighted by Crippen LogP contribution is -2.24. The van der Waals surface area contributed by atoms with Crippen LogP contribution in [0.1, 0.15) is 42.9 Å². The van der Waals surface area contributed by atoms with Gasteiger partial charge in [0.15, 0.2) is 0 Å². The maximum absolute atomic E-state index is 12.3. The molecule has 0 saturated heterocycles. The number of nitrogens with one attached hydrogen (secondary N) is 1. The third-order valence-corrected chi connectivity index (χ3v) is 3.55. The Morgan fingerprint density at radius 1 is 1.26 bits per heavy atom. The van der Waals surface area contributed by atoms with Crippen molar-refractivity contribution >= 4 is 11.6 Å². The number of amides is 1. The molecule has 3 nitrogen and oxygen atoms in total. The van der Waals surface area contributed by atoms with Crippen LogP contribution in [-0.4, -0.2) is 12.5 Å². The van der Waals surface area contributed by atoms with Crippen molar-refractivity contribution in [2.75, 3.05) is 11.9 Å².